The lowest BCUT2D eigenvalue weighted by molar-refractivity contribution is -0.0500. The van der Waals surface area contributed by atoms with Gasteiger partial charge in [0.2, 0.25) is 0 Å². The molecule has 2 aromatic carbocycles. The molecule has 0 amide bonds. The van der Waals surface area contributed by atoms with Gasteiger partial charge in [-0.05, 0) is 24.3 Å². The number of nitrogens with zero attached hydrogens (tertiary/aromatic N) is 3. The first kappa shape index (κ1) is 24.7. The smallest absolute Gasteiger partial charge is 0.493 e. The van der Waals surface area contributed by atoms with Crippen LogP contribution in [-0.4, -0.2) is 33.1 Å². The molecule has 0 radical (unpaired) electrons. The predicted octanol–water partition coefficient (Wildman–Crippen LogP) is 5.35. The van der Waals surface area contributed by atoms with E-state index in [9.17, 15) is 26.9 Å². The highest BCUT2D eigenvalue weighted by Crippen LogP contribution is 2.43. The van der Waals surface area contributed by atoms with Crippen LogP contribution in [0.1, 0.15) is 5.56 Å². The van der Waals surface area contributed by atoms with Crippen LogP contribution in [0.25, 0.3) is 10.9 Å². The molecule has 0 fully saturated rings. The van der Waals surface area contributed by atoms with Crippen LogP contribution in [0.2, 0.25) is 10.0 Å². The summed E-state index contributed by atoms with van der Waals surface area (Å²) in [5.74, 6) is -1.12. The molecule has 3 aromatic rings. The average Bonchev–Trinajstić information content (AvgIpc) is 2.74. The number of fused-ring (bicyclic) bond motifs is 1. The summed E-state index contributed by atoms with van der Waals surface area (Å²) in [4.78, 5) is 9.45. The number of hydrogen-bond donors (Lipinski definition) is 0. The topological polar surface area (TPSA) is 102 Å². The van der Waals surface area contributed by atoms with Crippen LogP contribution in [0, 0.1) is 11.3 Å². The van der Waals surface area contributed by atoms with E-state index in [1.54, 1.807) is 0 Å². The van der Waals surface area contributed by atoms with Crippen molar-refractivity contribution in [1.29, 1.82) is 5.26 Å². The van der Waals surface area contributed by atoms with Gasteiger partial charge >= 0.3 is 15.6 Å². The Balaban J connectivity index is 2.29. The molecule has 0 saturated heterocycles. The van der Waals surface area contributed by atoms with Gasteiger partial charge in [0.05, 0.1) is 41.7 Å². The fourth-order valence-corrected chi connectivity index (χ4v) is 3.78. The van der Waals surface area contributed by atoms with Crippen LogP contribution in [0.4, 0.5) is 24.5 Å². The van der Waals surface area contributed by atoms with Gasteiger partial charge in [0.15, 0.2) is 11.5 Å². The number of methoxy groups -OCH3 is 1. The summed E-state index contributed by atoms with van der Waals surface area (Å²) in [5, 5.41) is 11.5. The Kier molecular flexibility index (Phi) is 6.80. The Hall–Kier alpha value is -2.98. The van der Waals surface area contributed by atoms with Gasteiger partial charge in [-0.25, -0.2) is 5.06 Å². The third kappa shape index (κ3) is 4.72. The van der Waals surface area contributed by atoms with Crippen LogP contribution >= 0.6 is 23.2 Å². The predicted molar refractivity (Wildman–Crippen MR) is 114 cm³/mol. The number of ether oxygens (including phenoxy) is 1. The number of halogens is 5. The second-order valence-corrected chi connectivity index (χ2v) is 8.59. The van der Waals surface area contributed by atoms with Crippen LogP contribution in [0.5, 0.6) is 11.5 Å². The Morgan fingerprint density at radius 1 is 1.12 bits per heavy atom. The number of pyridine rings is 1. The minimum absolute atomic E-state index is 0.00833. The summed E-state index contributed by atoms with van der Waals surface area (Å²) < 4.78 is 70.6. The third-order valence-corrected chi connectivity index (χ3v) is 5.75. The molecule has 174 valence electrons. The lowest BCUT2D eigenvalue weighted by Gasteiger charge is -2.25. The van der Waals surface area contributed by atoms with Gasteiger partial charge in [-0.2, -0.15) is 26.9 Å². The number of nitriles is 1. The molecular formula is C19H12Cl2F3N3O5S. The van der Waals surface area contributed by atoms with Crippen molar-refractivity contribution < 1.29 is 35.3 Å². The first-order valence-corrected chi connectivity index (χ1v) is 10.8. The largest absolute Gasteiger partial charge is 0.534 e. The molecule has 0 aliphatic heterocycles. The van der Waals surface area contributed by atoms with Crippen molar-refractivity contribution in [2.75, 3.05) is 19.3 Å². The minimum Gasteiger partial charge on any atom is -0.493 e. The maximum absolute atomic E-state index is 12.8. The standard InChI is InChI=1S/C19H12Cl2F3N3O5S/c1-30-16-6-12-14(7-17(16)32-33(28,29)19(22,23)24)26-9-10(8-25)18(12)27(31-2)15-4-3-11(20)5-13(15)21/h3-7,9H,1-2H3. The van der Waals surface area contributed by atoms with E-state index in [0.717, 1.165) is 25.4 Å². The fourth-order valence-electron chi connectivity index (χ4n) is 2.83. The molecule has 0 atom stereocenters. The van der Waals surface area contributed by atoms with E-state index < -0.39 is 21.4 Å². The molecule has 33 heavy (non-hydrogen) atoms. The monoisotopic (exact) mass is 521 g/mol. The maximum atomic E-state index is 12.8. The number of benzene rings is 2. The first-order valence-electron chi connectivity index (χ1n) is 8.64. The molecule has 0 spiro atoms. The minimum atomic E-state index is -5.97. The molecular weight excluding hydrogens is 510 g/mol. The zero-order valence-corrected chi connectivity index (χ0v) is 19.0. The second kappa shape index (κ2) is 9.11. The quantitative estimate of drug-likeness (QED) is 0.243. The normalized spacial score (nSPS) is 11.8. The van der Waals surface area contributed by atoms with Gasteiger partial charge in [0.25, 0.3) is 0 Å². The number of rotatable bonds is 6. The molecule has 1 heterocycles. The van der Waals surface area contributed by atoms with Crippen molar-refractivity contribution in [3.63, 3.8) is 0 Å². The van der Waals surface area contributed by atoms with Gasteiger partial charge in [-0.3, -0.25) is 9.82 Å². The number of anilines is 2. The Morgan fingerprint density at radius 3 is 2.36 bits per heavy atom. The summed E-state index contributed by atoms with van der Waals surface area (Å²) in [6, 6.07) is 8.52. The van der Waals surface area contributed by atoms with E-state index in [-0.39, 0.29) is 38.6 Å². The van der Waals surface area contributed by atoms with Gasteiger partial charge in [0, 0.05) is 22.7 Å². The van der Waals surface area contributed by atoms with E-state index in [1.807, 2.05) is 6.07 Å². The first-order chi connectivity index (χ1) is 15.4. The Labute approximate surface area is 195 Å². The van der Waals surface area contributed by atoms with Crippen LogP contribution in [0.15, 0.2) is 36.5 Å². The number of aromatic nitrogens is 1. The zero-order chi connectivity index (χ0) is 24.6. The molecule has 0 unspecified atom stereocenters. The zero-order valence-electron chi connectivity index (χ0n) is 16.6. The summed E-state index contributed by atoms with van der Waals surface area (Å²) in [6.07, 6.45) is 1.13. The SMILES string of the molecule is COc1cc2c(N(OC)c3ccc(Cl)cc3Cl)c(C#N)cnc2cc1OS(=O)(=O)C(F)(F)F. The van der Waals surface area contributed by atoms with E-state index >= 15 is 0 Å². The molecule has 0 saturated carbocycles. The van der Waals surface area contributed by atoms with Crippen molar-refractivity contribution in [3.05, 3.63) is 52.1 Å². The lowest BCUT2D eigenvalue weighted by Crippen LogP contribution is -2.28. The van der Waals surface area contributed by atoms with Gasteiger partial charge in [0.1, 0.15) is 6.07 Å². The maximum Gasteiger partial charge on any atom is 0.534 e. The van der Waals surface area contributed by atoms with Crippen LogP contribution in [-0.2, 0) is 15.0 Å². The summed E-state index contributed by atoms with van der Waals surface area (Å²) in [6.45, 7) is 0. The fraction of sp³-hybridized carbons (Fsp3) is 0.158. The Morgan fingerprint density at radius 2 is 1.82 bits per heavy atom. The van der Waals surface area contributed by atoms with Gasteiger partial charge in [-0.15, -0.1) is 0 Å². The van der Waals surface area contributed by atoms with Gasteiger partial charge in [-0.1, -0.05) is 23.2 Å². The van der Waals surface area contributed by atoms with Crippen molar-refractivity contribution >= 4 is 55.6 Å². The van der Waals surface area contributed by atoms with Crippen molar-refractivity contribution in [1.82, 2.24) is 4.98 Å². The Bertz CT molecular complexity index is 1380. The second-order valence-electron chi connectivity index (χ2n) is 6.21. The number of hydrogen-bond acceptors (Lipinski definition) is 8. The highest BCUT2D eigenvalue weighted by molar-refractivity contribution is 7.88. The third-order valence-electron chi connectivity index (χ3n) is 4.24. The highest BCUT2D eigenvalue weighted by Gasteiger charge is 2.49. The molecule has 0 bridgehead atoms. The van der Waals surface area contributed by atoms with E-state index in [0.29, 0.717) is 5.02 Å². The van der Waals surface area contributed by atoms with Crippen LogP contribution in [0.3, 0.4) is 0 Å². The van der Waals surface area contributed by atoms with Crippen molar-refractivity contribution in [2.24, 2.45) is 0 Å². The molecule has 0 N–H and O–H groups in total. The number of alkyl halides is 3. The summed E-state index contributed by atoms with van der Waals surface area (Å²) in [5.41, 5.74) is -5.28. The van der Waals surface area contributed by atoms with Crippen LogP contribution < -0.4 is 14.0 Å². The molecule has 14 heteroatoms. The van der Waals surface area contributed by atoms with E-state index in [2.05, 4.69) is 9.17 Å². The molecule has 0 aliphatic carbocycles. The van der Waals surface area contributed by atoms with Crippen molar-refractivity contribution in [3.8, 4) is 17.6 Å². The average molecular weight is 522 g/mol. The summed E-state index contributed by atoms with van der Waals surface area (Å²) >= 11 is 12.2. The van der Waals surface area contributed by atoms with E-state index in [1.165, 1.54) is 30.4 Å². The van der Waals surface area contributed by atoms with E-state index in [4.69, 9.17) is 32.8 Å². The summed E-state index contributed by atoms with van der Waals surface area (Å²) in [7, 11) is -3.58. The lowest BCUT2D eigenvalue weighted by atomic mass is 10.1. The van der Waals surface area contributed by atoms with Gasteiger partial charge < -0.3 is 8.92 Å². The highest BCUT2D eigenvalue weighted by atomic mass is 35.5. The molecule has 8 nitrogen and oxygen atoms in total. The molecule has 1 aromatic heterocycles. The molecule has 3 rings (SSSR count). The molecule has 0 aliphatic rings. The van der Waals surface area contributed by atoms with Crippen molar-refractivity contribution in [2.45, 2.75) is 5.51 Å².